The van der Waals surface area contributed by atoms with Crippen LogP contribution in [0.5, 0.6) is 0 Å². The quantitative estimate of drug-likeness (QED) is 0.517. The Kier molecular flexibility index (Phi) is 8.01. The zero-order chi connectivity index (χ0) is 22.4. The van der Waals surface area contributed by atoms with Crippen molar-refractivity contribution in [2.45, 2.75) is 44.9 Å². The second kappa shape index (κ2) is 10.1. The first-order chi connectivity index (χ1) is 14.0. The van der Waals surface area contributed by atoms with Crippen molar-refractivity contribution in [3.8, 4) is 0 Å². The summed E-state index contributed by atoms with van der Waals surface area (Å²) in [5.74, 6) is 0.0579. The predicted octanol–water partition coefficient (Wildman–Crippen LogP) is 3.58. The molecule has 0 aliphatic rings. The van der Waals surface area contributed by atoms with Crippen LogP contribution in [-0.4, -0.2) is 34.2 Å². The molecule has 0 amide bonds. The number of rotatable bonds is 7. The van der Waals surface area contributed by atoms with E-state index >= 15 is 0 Å². The molecule has 0 saturated carbocycles. The van der Waals surface area contributed by atoms with Gasteiger partial charge in [0.15, 0.2) is 15.8 Å². The molecule has 2 rings (SSSR count). The second-order valence-corrected chi connectivity index (χ2v) is 10.7. The molecule has 0 bridgehead atoms. The number of benzene rings is 2. The Morgan fingerprint density at radius 2 is 1.70 bits per heavy atom. The summed E-state index contributed by atoms with van der Waals surface area (Å²) in [5, 5.41) is 6.37. The highest BCUT2D eigenvalue weighted by Gasteiger charge is 2.13. The van der Waals surface area contributed by atoms with Crippen molar-refractivity contribution >= 4 is 15.8 Å². The van der Waals surface area contributed by atoms with Gasteiger partial charge in [-0.3, -0.25) is 4.99 Å². The van der Waals surface area contributed by atoms with Crippen molar-refractivity contribution in [3.63, 3.8) is 0 Å². The van der Waals surface area contributed by atoms with Gasteiger partial charge < -0.3 is 10.6 Å². The van der Waals surface area contributed by atoms with Gasteiger partial charge in [-0.05, 0) is 46.2 Å². The maximum absolute atomic E-state index is 13.7. The van der Waals surface area contributed by atoms with Crippen LogP contribution >= 0.6 is 0 Å². The van der Waals surface area contributed by atoms with Gasteiger partial charge in [0.05, 0.1) is 5.75 Å². The van der Waals surface area contributed by atoms with Gasteiger partial charge in [-0.1, -0.05) is 51.1 Å². The van der Waals surface area contributed by atoms with Gasteiger partial charge in [0.25, 0.3) is 0 Å². The number of hydrogen-bond acceptors (Lipinski definition) is 3. The highest BCUT2D eigenvalue weighted by Crippen LogP contribution is 2.22. The van der Waals surface area contributed by atoms with Crippen molar-refractivity contribution in [1.82, 2.24) is 10.6 Å². The van der Waals surface area contributed by atoms with E-state index in [1.807, 2.05) is 0 Å². The summed E-state index contributed by atoms with van der Waals surface area (Å²) in [5.41, 5.74) is 3.85. The highest BCUT2D eigenvalue weighted by atomic mass is 32.2. The molecule has 0 aromatic heterocycles. The van der Waals surface area contributed by atoms with E-state index in [1.165, 1.54) is 35.6 Å². The smallest absolute Gasteiger partial charge is 0.191 e. The molecule has 0 aliphatic heterocycles. The van der Waals surface area contributed by atoms with E-state index in [4.69, 9.17) is 0 Å². The molecule has 0 fully saturated rings. The maximum atomic E-state index is 13.7. The van der Waals surface area contributed by atoms with Gasteiger partial charge in [0.1, 0.15) is 5.82 Å². The summed E-state index contributed by atoms with van der Waals surface area (Å²) in [4.78, 5) is 4.19. The molecule has 2 aromatic rings. The van der Waals surface area contributed by atoms with Crippen LogP contribution < -0.4 is 10.6 Å². The van der Waals surface area contributed by atoms with Crippen LogP contribution in [0.2, 0.25) is 0 Å². The van der Waals surface area contributed by atoms with Crippen LogP contribution in [0.15, 0.2) is 47.5 Å². The van der Waals surface area contributed by atoms with Crippen LogP contribution in [0.4, 0.5) is 4.39 Å². The molecule has 0 unspecified atom stereocenters. The lowest BCUT2D eigenvalue weighted by Crippen LogP contribution is -2.38. The monoisotopic (exact) mass is 433 g/mol. The molecule has 5 nitrogen and oxygen atoms in total. The SMILES string of the molecule is CN=C(NCCc1ccc(C(C)(C)C)cc1)NCc1cc(F)ccc1CS(C)(=O)=O. The van der Waals surface area contributed by atoms with E-state index in [-0.39, 0.29) is 17.7 Å². The standard InChI is InChI=1S/C23H32FN3O2S/c1-23(2,3)20-9-6-17(7-10-20)12-13-26-22(25-4)27-15-19-14-21(24)11-8-18(19)16-30(5,28)29/h6-11,14H,12-13,15-16H2,1-5H3,(H2,25,26,27). The molecule has 164 valence electrons. The van der Waals surface area contributed by atoms with Crippen molar-refractivity contribution in [2.24, 2.45) is 4.99 Å². The van der Waals surface area contributed by atoms with E-state index in [0.717, 1.165) is 6.42 Å². The zero-order valence-electron chi connectivity index (χ0n) is 18.4. The first kappa shape index (κ1) is 23.9. The molecule has 0 atom stereocenters. The molecule has 0 aliphatic carbocycles. The first-order valence-corrected chi connectivity index (χ1v) is 12.0. The molecule has 0 spiro atoms. The normalized spacial score (nSPS) is 12.7. The van der Waals surface area contributed by atoms with Gasteiger partial charge in [0, 0.05) is 26.4 Å². The van der Waals surface area contributed by atoms with E-state index in [1.54, 1.807) is 7.05 Å². The van der Waals surface area contributed by atoms with Gasteiger partial charge in [0.2, 0.25) is 0 Å². The molecule has 2 aromatic carbocycles. The van der Waals surface area contributed by atoms with Gasteiger partial charge >= 0.3 is 0 Å². The van der Waals surface area contributed by atoms with Gasteiger partial charge in [-0.15, -0.1) is 0 Å². The number of nitrogens with one attached hydrogen (secondary N) is 2. The minimum absolute atomic E-state index is 0.124. The topological polar surface area (TPSA) is 70.6 Å². The second-order valence-electron chi connectivity index (χ2n) is 8.53. The molecule has 0 radical (unpaired) electrons. The fourth-order valence-electron chi connectivity index (χ4n) is 3.08. The van der Waals surface area contributed by atoms with E-state index < -0.39 is 15.7 Å². The lowest BCUT2D eigenvalue weighted by molar-refractivity contribution is 0.590. The third-order valence-corrected chi connectivity index (χ3v) is 5.62. The zero-order valence-corrected chi connectivity index (χ0v) is 19.2. The van der Waals surface area contributed by atoms with E-state index in [2.05, 4.69) is 60.7 Å². The molecular weight excluding hydrogens is 401 g/mol. The third-order valence-electron chi connectivity index (χ3n) is 4.78. The Bertz CT molecular complexity index is 978. The maximum Gasteiger partial charge on any atom is 0.191 e. The minimum Gasteiger partial charge on any atom is -0.356 e. The Labute approximate surface area is 179 Å². The predicted molar refractivity (Wildman–Crippen MR) is 122 cm³/mol. The van der Waals surface area contributed by atoms with Gasteiger partial charge in [-0.2, -0.15) is 0 Å². The summed E-state index contributed by atoms with van der Waals surface area (Å²) in [6.07, 6.45) is 2.01. The molecule has 0 heterocycles. The highest BCUT2D eigenvalue weighted by molar-refractivity contribution is 7.89. The molecule has 2 N–H and O–H groups in total. The van der Waals surface area contributed by atoms with Crippen LogP contribution in [0.25, 0.3) is 0 Å². The summed E-state index contributed by atoms with van der Waals surface area (Å²) in [6.45, 7) is 7.55. The van der Waals surface area contributed by atoms with Crippen molar-refractivity contribution in [1.29, 1.82) is 0 Å². The number of halogens is 1. The number of guanidine groups is 1. The third kappa shape index (κ3) is 7.78. The Morgan fingerprint density at radius 1 is 1.03 bits per heavy atom. The Balaban J connectivity index is 1.92. The summed E-state index contributed by atoms with van der Waals surface area (Å²) in [6, 6.07) is 12.8. The van der Waals surface area contributed by atoms with Crippen LogP contribution in [0.3, 0.4) is 0 Å². The molecule has 7 heteroatoms. The summed E-state index contributed by atoms with van der Waals surface area (Å²) >= 11 is 0. The molecule has 0 saturated heterocycles. The average Bonchev–Trinajstić information content (AvgIpc) is 2.65. The Hall–Kier alpha value is -2.41. The lowest BCUT2D eigenvalue weighted by Gasteiger charge is -2.19. The number of hydrogen-bond donors (Lipinski definition) is 2. The number of aliphatic imine (C=N–C) groups is 1. The fourth-order valence-corrected chi connectivity index (χ4v) is 3.93. The van der Waals surface area contributed by atoms with Crippen molar-refractivity contribution in [2.75, 3.05) is 19.8 Å². The molecule has 30 heavy (non-hydrogen) atoms. The molecular formula is C23H32FN3O2S. The Morgan fingerprint density at radius 3 is 2.27 bits per heavy atom. The number of nitrogens with zero attached hydrogens (tertiary/aromatic N) is 1. The number of sulfone groups is 1. The van der Waals surface area contributed by atoms with Crippen LogP contribution in [0, 0.1) is 5.82 Å². The first-order valence-electron chi connectivity index (χ1n) is 9.97. The lowest BCUT2D eigenvalue weighted by atomic mass is 9.86. The summed E-state index contributed by atoms with van der Waals surface area (Å²) in [7, 11) is -1.55. The van der Waals surface area contributed by atoms with Crippen LogP contribution in [-0.2, 0) is 34.0 Å². The van der Waals surface area contributed by atoms with Crippen LogP contribution in [0.1, 0.15) is 43.0 Å². The summed E-state index contributed by atoms with van der Waals surface area (Å²) < 4.78 is 36.9. The fraction of sp³-hybridized carbons (Fsp3) is 0.435. The van der Waals surface area contributed by atoms with Gasteiger partial charge in [-0.25, -0.2) is 12.8 Å². The van der Waals surface area contributed by atoms with E-state index in [9.17, 15) is 12.8 Å². The minimum atomic E-state index is -3.21. The van der Waals surface area contributed by atoms with Crippen molar-refractivity contribution in [3.05, 3.63) is 70.5 Å². The van der Waals surface area contributed by atoms with Crippen molar-refractivity contribution < 1.29 is 12.8 Å². The largest absolute Gasteiger partial charge is 0.356 e. The van der Waals surface area contributed by atoms with E-state index in [0.29, 0.717) is 23.6 Å². The average molecular weight is 434 g/mol.